The van der Waals surface area contributed by atoms with Crippen LogP contribution in [-0.4, -0.2) is 71.1 Å². The maximum Gasteiger partial charge on any atom is 0.472 e. The van der Waals surface area contributed by atoms with E-state index in [1.54, 1.807) is 12.2 Å². The second kappa shape index (κ2) is 38.9. The summed E-state index contributed by atoms with van der Waals surface area (Å²) in [7, 11) is -4.77. The number of aliphatic hydroxyl groups is 1. The molecular weight excluding hydrogens is 749 g/mol. The van der Waals surface area contributed by atoms with Gasteiger partial charge >= 0.3 is 25.7 Å². The van der Waals surface area contributed by atoms with E-state index in [1.165, 1.54) is 89.9 Å². The highest BCUT2D eigenvalue weighted by molar-refractivity contribution is 7.47. The number of carbonyl (C=O) groups is 3. The van der Waals surface area contributed by atoms with Crippen LogP contribution in [0, 0.1) is 0 Å². The number of phosphoric acid groups is 1. The molecule has 1 unspecified atom stereocenters. The minimum absolute atomic E-state index is 0.0666. The third kappa shape index (κ3) is 38.7. The SMILES string of the molecule is CCCCC/C=C\C/C=C\C/C=C\C=C\[C@H](O)CCCC(=O)O[C@H](COC(=O)CCCCCCCCCCCCCCCCC)COP(=O)(O)OC[C@H](N)C(=O)O. The van der Waals surface area contributed by atoms with Crippen LogP contribution in [0.1, 0.15) is 174 Å². The van der Waals surface area contributed by atoms with Gasteiger partial charge in [-0.05, 0) is 44.9 Å². The van der Waals surface area contributed by atoms with Crippen molar-refractivity contribution >= 4 is 25.7 Å². The molecule has 0 radical (unpaired) electrons. The van der Waals surface area contributed by atoms with E-state index in [1.807, 2.05) is 12.2 Å². The van der Waals surface area contributed by atoms with Gasteiger partial charge in [0.1, 0.15) is 12.6 Å². The standard InChI is InChI=1S/C44H78NO11P/c1-3-5-7-9-11-13-15-17-18-20-22-24-26-28-30-34-42(47)53-36-40(37-54-57(51,52)55-38-41(45)44(49)50)56-43(48)35-31-33-39(46)32-29-27-25-23-21-19-16-14-12-10-8-6-4-2/h12,14,19,21,25,27,29,32,39-41,46H,3-11,13,15-18,20,22-24,26,28,30-31,33-38,45H2,1-2H3,(H,49,50)(H,51,52)/b14-12-,21-19-,27-25-,32-29+/t39-,40+,41-/m0/s1. The molecule has 0 saturated heterocycles. The Morgan fingerprint density at radius 1 is 0.632 bits per heavy atom. The third-order valence-electron chi connectivity index (χ3n) is 9.18. The molecule has 0 rings (SSSR count). The van der Waals surface area contributed by atoms with Crippen LogP contribution >= 0.6 is 7.82 Å². The maximum atomic E-state index is 12.6. The van der Waals surface area contributed by atoms with E-state index < -0.39 is 63.8 Å². The van der Waals surface area contributed by atoms with Crippen LogP contribution in [0.4, 0.5) is 0 Å². The highest BCUT2D eigenvalue weighted by atomic mass is 31.2. The number of carboxylic acid groups (broad SMARTS) is 1. The number of esters is 2. The first-order valence-electron chi connectivity index (χ1n) is 21.8. The Bertz CT molecular complexity index is 1170. The van der Waals surface area contributed by atoms with Gasteiger partial charge in [0.2, 0.25) is 0 Å². The topological polar surface area (TPSA) is 192 Å². The Morgan fingerprint density at radius 2 is 1.14 bits per heavy atom. The van der Waals surface area contributed by atoms with Gasteiger partial charge in [-0.15, -0.1) is 0 Å². The summed E-state index contributed by atoms with van der Waals surface area (Å²) in [5.41, 5.74) is 5.32. The number of rotatable bonds is 40. The Balaban J connectivity index is 4.56. The average Bonchev–Trinajstić information content (AvgIpc) is 3.18. The molecule has 0 saturated carbocycles. The lowest BCUT2D eigenvalue weighted by molar-refractivity contribution is -0.161. The largest absolute Gasteiger partial charge is 0.480 e. The van der Waals surface area contributed by atoms with Crippen LogP contribution < -0.4 is 5.73 Å². The lowest BCUT2D eigenvalue weighted by Gasteiger charge is -2.20. The van der Waals surface area contributed by atoms with Crippen molar-refractivity contribution in [3.8, 4) is 0 Å². The number of aliphatic hydroxyl groups excluding tert-OH is 1. The summed E-state index contributed by atoms with van der Waals surface area (Å²) in [6.45, 7) is 2.58. The smallest absolute Gasteiger partial charge is 0.472 e. The molecule has 57 heavy (non-hydrogen) atoms. The summed E-state index contributed by atoms with van der Waals surface area (Å²) in [5, 5.41) is 19.2. The fourth-order valence-electron chi connectivity index (χ4n) is 5.70. The molecule has 5 N–H and O–H groups in total. The zero-order valence-corrected chi connectivity index (χ0v) is 36.2. The Kier molecular flexibility index (Phi) is 37.1. The van der Waals surface area contributed by atoms with Gasteiger partial charge in [0.25, 0.3) is 0 Å². The van der Waals surface area contributed by atoms with Gasteiger partial charge in [-0.25, -0.2) is 4.57 Å². The first-order chi connectivity index (χ1) is 27.5. The number of hydrogen-bond acceptors (Lipinski definition) is 10. The van der Waals surface area contributed by atoms with Gasteiger partial charge < -0.3 is 30.3 Å². The minimum Gasteiger partial charge on any atom is -0.480 e. The molecule has 330 valence electrons. The van der Waals surface area contributed by atoms with Crippen molar-refractivity contribution in [3.05, 3.63) is 48.6 Å². The molecule has 12 nitrogen and oxygen atoms in total. The van der Waals surface area contributed by atoms with Gasteiger partial charge in [-0.1, -0.05) is 165 Å². The average molecular weight is 828 g/mol. The molecule has 13 heteroatoms. The van der Waals surface area contributed by atoms with Gasteiger partial charge in [0.15, 0.2) is 6.10 Å². The number of ether oxygens (including phenoxy) is 2. The summed E-state index contributed by atoms with van der Waals surface area (Å²) in [5.74, 6) is -2.60. The summed E-state index contributed by atoms with van der Waals surface area (Å²) in [6, 6.07) is -1.55. The Labute approximate surface area is 344 Å². The molecule has 0 spiro atoms. The molecular formula is C44H78NO11P. The number of unbranched alkanes of at least 4 members (excludes halogenated alkanes) is 17. The summed E-state index contributed by atoms with van der Waals surface area (Å²) in [4.78, 5) is 46.0. The molecule has 4 atom stereocenters. The van der Waals surface area contributed by atoms with Crippen LogP contribution in [-0.2, 0) is 37.5 Å². The van der Waals surface area contributed by atoms with Crippen LogP contribution in [0.25, 0.3) is 0 Å². The maximum absolute atomic E-state index is 12.6. The van der Waals surface area contributed by atoms with Crippen molar-refractivity contribution in [1.82, 2.24) is 0 Å². The van der Waals surface area contributed by atoms with Crippen LogP contribution in [0.5, 0.6) is 0 Å². The molecule has 0 amide bonds. The van der Waals surface area contributed by atoms with E-state index in [2.05, 4.69) is 42.7 Å². The van der Waals surface area contributed by atoms with E-state index >= 15 is 0 Å². The molecule has 0 aromatic rings. The van der Waals surface area contributed by atoms with Crippen LogP contribution in [0.3, 0.4) is 0 Å². The zero-order chi connectivity index (χ0) is 42.2. The number of carbonyl (C=O) groups excluding carboxylic acids is 2. The van der Waals surface area contributed by atoms with Gasteiger partial charge in [0.05, 0.1) is 19.3 Å². The highest BCUT2D eigenvalue weighted by Crippen LogP contribution is 2.43. The number of nitrogens with two attached hydrogens (primary N) is 1. The molecule has 0 aliphatic carbocycles. The molecule has 0 bridgehead atoms. The quantitative estimate of drug-likeness (QED) is 0.0150. The van der Waals surface area contributed by atoms with Crippen molar-refractivity contribution in [3.63, 3.8) is 0 Å². The Hall–Kier alpha value is -2.60. The molecule has 0 aromatic carbocycles. The number of carboxylic acids is 1. The first kappa shape index (κ1) is 54.4. The lowest BCUT2D eigenvalue weighted by atomic mass is 10.0. The fourth-order valence-corrected chi connectivity index (χ4v) is 6.48. The minimum atomic E-state index is -4.77. The predicted molar refractivity (Wildman–Crippen MR) is 228 cm³/mol. The second-order valence-corrected chi connectivity index (χ2v) is 16.1. The van der Waals surface area contributed by atoms with E-state index in [9.17, 15) is 28.9 Å². The van der Waals surface area contributed by atoms with E-state index in [0.717, 1.165) is 38.5 Å². The summed E-state index contributed by atoms with van der Waals surface area (Å²) >= 11 is 0. The second-order valence-electron chi connectivity index (χ2n) is 14.7. The van der Waals surface area contributed by atoms with Crippen molar-refractivity contribution in [2.24, 2.45) is 5.73 Å². The number of phosphoric ester groups is 1. The Morgan fingerprint density at radius 3 is 1.74 bits per heavy atom. The van der Waals surface area contributed by atoms with E-state index in [0.29, 0.717) is 19.3 Å². The third-order valence-corrected chi connectivity index (χ3v) is 10.1. The summed E-state index contributed by atoms with van der Waals surface area (Å²) < 4.78 is 32.5. The summed E-state index contributed by atoms with van der Waals surface area (Å²) in [6.07, 6.45) is 39.2. The fraction of sp³-hybridized carbons (Fsp3) is 0.750. The number of aliphatic carboxylic acids is 1. The van der Waals surface area contributed by atoms with Gasteiger partial charge in [-0.2, -0.15) is 0 Å². The van der Waals surface area contributed by atoms with Crippen LogP contribution in [0.2, 0.25) is 0 Å². The van der Waals surface area contributed by atoms with Crippen molar-refractivity contribution < 1.29 is 52.6 Å². The van der Waals surface area contributed by atoms with E-state index in [-0.39, 0.29) is 12.8 Å². The highest BCUT2D eigenvalue weighted by Gasteiger charge is 2.28. The first-order valence-corrected chi connectivity index (χ1v) is 23.3. The van der Waals surface area contributed by atoms with Gasteiger partial charge in [-0.3, -0.25) is 23.4 Å². The molecule has 0 aliphatic heterocycles. The molecule has 0 aliphatic rings. The van der Waals surface area contributed by atoms with Crippen molar-refractivity contribution in [2.75, 3.05) is 19.8 Å². The lowest BCUT2D eigenvalue weighted by Crippen LogP contribution is -2.34. The normalized spacial score (nSPS) is 14.8. The van der Waals surface area contributed by atoms with Gasteiger partial charge in [0, 0.05) is 12.8 Å². The molecule has 0 heterocycles. The van der Waals surface area contributed by atoms with Crippen molar-refractivity contribution in [1.29, 1.82) is 0 Å². The van der Waals surface area contributed by atoms with Crippen molar-refractivity contribution in [2.45, 2.75) is 193 Å². The molecule has 0 aromatic heterocycles. The molecule has 0 fully saturated rings. The van der Waals surface area contributed by atoms with E-state index in [4.69, 9.17) is 24.8 Å². The number of allylic oxidation sites excluding steroid dienone is 7. The zero-order valence-electron chi connectivity index (χ0n) is 35.3. The predicted octanol–water partition coefficient (Wildman–Crippen LogP) is 10.4. The number of hydrogen-bond donors (Lipinski definition) is 4. The van der Waals surface area contributed by atoms with Crippen LogP contribution in [0.15, 0.2) is 48.6 Å². The monoisotopic (exact) mass is 828 g/mol.